The first kappa shape index (κ1) is 11.5. The van der Waals surface area contributed by atoms with E-state index in [9.17, 15) is 4.79 Å². The molecular formula is C13H13N5O. The molecule has 0 atom stereocenters. The maximum absolute atomic E-state index is 12.1. The topological polar surface area (TPSA) is 89.6 Å². The van der Waals surface area contributed by atoms with Gasteiger partial charge in [-0.05, 0) is 31.5 Å². The summed E-state index contributed by atoms with van der Waals surface area (Å²) in [6.07, 6.45) is 0. The van der Waals surface area contributed by atoms with Crippen molar-refractivity contribution in [2.45, 2.75) is 13.8 Å². The number of benzene rings is 1. The minimum Gasteiger partial charge on any atom is -0.369 e. The van der Waals surface area contributed by atoms with Gasteiger partial charge in [-0.2, -0.15) is 4.98 Å². The molecule has 96 valence electrons. The van der Waals surface area contributed by atoms with Crippen LogP contribution in [0.4, 0.5) is 5.95 Å². The molecule has 1 aromatic carbocycles. The Bertz CT molecular complexity index is 831. The predicted molar refractivity (Wildman–Crippen MR) is 73.4 cm³/mol. The zero-order chi connectivity index (χ0) is 13.6. The highest BCUT2D eigenvalue weighted by Crippen LogP contribution is 2.19. The summed E-state index contributed by atoms with van der Waals surface area (Å²) in [5.41, 5.74) is 8.28. The second-order valence-electron chi connectivity index (χ2n) is 4.47. The number of aromatic nitrogens is 4. The number of rotatable bonds is 1. The van der Waals surface area contributed by atoms with Crippen LogP contribution >= 0.6 is 0 Å². The Morgan fingerprint density at radius 2 is 2.05 bits per heavy atom. The second-order valence-corrected chi connectivity index (χ2v) is 4.47. The number of aromatic amines is 1. The number of aryl methyl sites for hydroxylation is 2. The van der Waals surface area contributed by atoms with E-state index < -0.39 is 0 Å². The third kappa shape index (κ3) is 1.77. The first-order valence-corrected chi connectivity index (χ1v) is 5.88. The van der Waals surface area contributed by atoms with Crippen molar-refractivity contribution in [1.29, 1.82) is 0 Å². The predicted octanol–water partition coefficient (Wildman–Crippen LogP) is 1.31. The molecule has 6 nitrogen and oxygen atoms in total. The molecule has 0 saturated carbocycles. The molecule has 0 aliphatic rings. The van der Waals surface area contributed by atoms with Gasteiger partial charge in [0.05, 0.1) is 0 Å². The van der Waals surface area contributed by atoms with Crippen molar-refractivity contribution in [3.8, 4) is 5.69 Å². The molecule has 0 spiro atoms. The first-order valence-electron chi connectivity index (χ1n) is 5.88. The highest BCUT2D eigenvalue weighted by Gasteiger charge is 2.14. The van der Waals surface area contributed by atoms with Crippen LogP contribution in [0.1, 0.15) is 11.4 Å². The van der Waals surface area contributed by atoms with Crippen molar-refractivity contribution in [2.75, 3.05) is 5.73 Å². The van der Waals surface area contributed by atoms with Gasteiger partial charge in [0, 0.05) is 5.69 Å². The lowest BCUT2D eigenvalue weighted by molar-refractivity contribution is 1.03. The van der Waals surface area contributed by atoms with Crippen LogP contribution in [-0.4, -0.2) is 19.5 Å². The summed E-state index contributed by atoms with van der Waals surface area (Å²) < 4.78 is 1.62. The van der Waals surface area contributed by atoms with Gasteiger partial charge in [-0.25, -0.2) is 4.98 Å². The molecule has 2 heterocycles. The largest absolute Gasteiger partial charge is 0.369 e. The van der Waals surface area contributed by atoms with E-state index in [1.54, 1.807) is 11.5 Å². The fourth-order valence-corrected chi connectivity index (χ4v) is 2.15. The van der Waals surface area contributed by atoms with Crippen molar-refractivity contribution in [3.05, 3.63) is 46.0 Å². The van der Waals surface area contributed by atoms with Gasteiger partial charge in [-0.1, -0.05) is 12.1 Å². The molecule has 3 N–H and O–H groups in total. The van der Waals surface area contributed by atoms with Gasteiger partial charge in [0.1, 0.15) is 5.82 Å². The third-order valence-corrected chi connectivity index (χ3v) is 2.93. The maximum Gasteiger partial charge on any atom is 0.277 e. The summed E-state index contributed by atoms with van der Waals surface area (Å²) in [4.78, 5) is 23.1. The molecule has 0 bridgehead atoms. The van der Waals surface area contributed by atoms with Crippen LogP contribution in [0.25, 0.3) is 16.9 Å². The first-order chi connectivity index (χ1) is 9.06. The molecule has 0 saturated heterocycles. The normalized spacial score (nSPS) is 11.1. The highest BCUT2D eigenvalue weighted by molar-refractivity contribution is 5.76. The lowest BCUT2D eigenvalue weighted by atomic mass is 10.2. The average molecular weight is 255 g/mol. The van der Waals surface area contributed by atoms with Crippen molar-refractivity contribution in [2.24, 2.45) is 0 Å². The molecule has 0 aliphatic heterocycles. The Morgan fingerprint density at radius 1 is 1.26 bits per heavy atom. The summed E-state index contributed by atoms with van der Waals surface area (Å²) in [5.74, 6) is 0.774. The van der Waals surface area contributed by atoms with Crippen LogP contribution in [-0.2, 0) is 0 Å². The number of imidazole rings is 1. The van der Waals surface area contributed by atoms with E-state index in [4.69, 9.17) is 5.73 Å². The summed E-state index contributed by atoms with van der Waals surface area (Å²) in [6, 6.07) is 7.71. The fourth-order valence-electron chi connectivity index (χ4n) is 2.15. The Balaban J connectivity index is 2.42. The van der Waals surface area contributed by atoms with Gasteiger partial charge in [-0.15, -0.1) is 0 Å². The van der Waals surface area contributed by atoms with Gasteiger partial charge < -0.3 is 10.7 Å². The van der Waals surface area contributed by atoms with Crippen LogP contribution in [0, 0.1) is 13.8 Å². The second kappa shape index (κ2) is 3.94. The number of hydrogen-bond donors (Lipinski definition) is 2. The van der Waals surface area contributed by atoms with Crippen LogP contribution in [0.5, 0.6) is 0 Å². The monoisotopic (exact) mass is 255 g/mol. The zero-order valence-corrected chi connectivity index (χ0v) is 10.6. The van der Waals surface area contributed by atoms with E-state index in [1.807, 2.05) is 31.2 Å². The number of nitrogen functional groups attached to an aromatic ring is 1. The molecule has 2 aromatic heterocycles. The smallest absolute Gasteiger partial charge is 0.277 e. The molecule has 19 heavy (non-hydrogen) atoms. The standard InChI is InChI=1S/C13H13N5O/c1-7-4-3-5-9(6-7)18-10-11(17-13(18)14)15-8(2)16-12(10)19/h3-6H,1-2H3,(H3,14,15,16,17,19). The van der Waals surface area contributed by atoms with Crippen LogP contribution in [0.15, 0.2) is 29.1 Å². The highest BCUT2D eigenvalue weighted by atomic mass is 16.1. The van der Waals surface area contributed by atoms with Gasteiger partial charge in [0.25, 0.3) is 5.56 Å². The number of H-pyrrole nitrogens is 1. The van der Waals surface area contributed by atoms with E-state index >= 15 is 0 Å². The van der Waals surface area contributed by atoms with E-state index in [0.29, 0.717) is 17.0 Å². The molecule has 6 heteroatoms. The van der Waals surface area contributed by atoms with Gasteiger partial charge >= 0.3 is 0 Å². The maximum atomic E-state index is 12.1. The summed E-state index contributed by atoms with van der Waals surface area (Å²) >= 11 is 0. The van der Waals surface area contributed by atoms with Crippen LogP contribution < -0.4 is 11.3 Å². The van der Waals surface area contributed by atoms with Crippen molar-refractivity contribution < 1.29 is 0 Å². The molecule has 3 aromatic rings. The Kier molecular flexibility index (Phi) is 2.38. The molecule has 0 aliphatic carbocycles. The van der Waals surface area contributed by atoms with Gasteiger partial charge in [0.2, 0.25) is 5.95 Å². The van der Waals surface area contributed by atoms with E-state index in [2.05, 4.69) is 15.0 Å². The van der Waals surface area contributed by atoms with E-state index in [1.165, 1.54) is 0 Å². The lowest BCUT2D eigenvalue weighted by Crippen LogP contribution is -2.13. The number of nitrogens with one attached hydrogen (secondary N) is 1. The van der Waals surface area contributed by atoms with Gasteiger partial charge in [0.15, 0.2) is 11.2 Å². The molecule has 0 fully saturated rings. The quantitative estimate of drug-likeness (QED) is 0.686. The van der Waals surface area contributed by atoms with Crippen LogP contribution in [0.3, 0.4) is 0 Å². The molecule has 0 amide bonds. The number of nitrogens with zero attached hydrogens (tertiary/aromatic N) is 3. The average Bonchev–Trinajstić information content (AvgIpc) is 2.65. The van der Waals surface area contributed by atoms with Gasteiger partial charge in [-0.3, -0.25) is 9.36 Å². The third-order valence-electron chi connectivity index (χ3n) is 2.93. The summed E-state index contributed by atoms with van der Waals surface area (Å²) in [6.45, 7) is 3.69. The number of anilines is 1. The SMILES string of the molecule is Cc1cccc(-n2c(N)nc3nc(C)[nH]c(=O)c32)c1. The molecule has 0 radical (unpaired) electrons. The minimum atomic E-state index is -0.242. The number of nitrogens with two attached hydrogens (primary N) is 1. The summed E-state index contributed by atoms with van der Waals surface area (Å²) in [7, 11) is 0. The number of hydrogen-bond acceptors (Lipinski definition) is 4. The Hall–Kier alpha value is -2.63. The Labute approximate surface area is 108 Å². The molecule has 0 unspecified atom stereocenters. The van der Waals surface area contributed by atoms with E-state index in [-0.39, 0.29) is 11.5 Å². The summed E-state index contributed by atoms with van der Waals surface area (Å²) in [5, 5.41) is 0. The van der Waals surface area contributed by atoms with E-state index in [0.717, 1.165) is 11.3 Å². The van der Waals surface area contributed by atoms with Crippen molar-refractivity contribution in [3.63, 3.8) is 0 Å². The molecular weight excluding hydrogens is 242 g/mol. The van der Waals surface area contributed by atoms with Crippen molar-refractivity contribution >= 4 is 17.1 Å². The van der Waals surface area contributed by atoms with Crippen molar-refractivity contribution in [1.82, 2.24) is 19.5 Å². The fraction of sp³-hybridized carbons (Fsp3) is 0.154. The lowest BCUT2D eigenvalue weighted by Gasteiger charge is -2.06. The zero-order valence-electron chi connectivity index (χ0n) is 10.6. The number of fused-ring (bicyclic) bond motifs is 1. The Morgan fingerprint density at radius 3 is 2.79 bits per heavy atom. The molecule has 3 rings (SSSR count). The van der Waals surface area contributed by atoms with Crippen LogP contribution in [0.2, 0.25) is 0 Å². The minimum absolute atomic E-state index is 0.242.